The Morgan fingerprint density at radius 2 is 1.31 bits per heavy atom. The van der Waals surface area contributed by atoms with E-state index in [4.69, 9.17) is 4.74 Å². The normalized spacial score (nSPS) is 10.3. The van der Waals surface area contributed by atoms with E-state index in [-0.39, 0.29) is 0 Å². The zero-order valence-electron chi connectivity index (χ0n) is 14.0. The molecule has 3 aromatic carbocycles. The Bertz CT molecular complexity index is 971. The maximum absolute atomic E-state index is 5.81. The highest BCUT2D eigenvalue weighted by Gasteiger charge is 2.03. The van der Waals surface area contributed by atoms with E-state index in [0.29, 0.717) is 5.82 Å². The van der Waals surface area contributed by atoms with Crippen LogP contribution in [0.15, 0.2) is 97.2 Å². The molecule has 0 spiro atoms. The van der Waals surface area contributed by atoms with Gasteiger partial charge in [0.1, 0.15) is 17.3 Å². The van der Waals surface area contributed by atoms with Gasteiger partial charge in [0.05, 0.1) is 0 Å². The van der Waals surface area contributed by atoms with Crippen LogP contribution in [0.1, 0.15) is 0 Å². The summed E-state index contributed by atoms with van der Waals surface area (Å²) in [6, 6.07) is 29.3. The van der Waals surface area contributed by atoms with E-state index < -0.39 is 0 Å². The van der Waals surface area contributed by atoms with Gasteiger partial charge in [-0.1, -0.05) is 48.5 Å². The summed E-state index contributed by atoms with van der Waals surface area (Å²) in [6.45, 7) is 0. The number of hydrogen-bond acceptors (Lipinski definition) is 4. The fraction of sp³-hybridized carbons (Fsp3) is 0. The van der Waals surface area contributed by atoms with Gasteiger partial charge < -0.3 is 10.1 Å². The van der Waals surface area contributed by atoms with E-state index in [1.807, 2.05) is 91.0 Å². The molecule has 26 heavy (non-hydrogen) atoms. The molecule has 0 atom stereocenters. The SMILES string of the molecule is c1ccc(Oc2ccc(Nc3ccnc(-c4ccccc4)n3)cc2)cc1. The van der Waals surface area contributed by atoms with Gasteiger partial charge in [0.25, 0.3) is 0 Å². The number of benzene rings is 3. The van der Waals surface area contributed by atoms with Crippen molar-refractivity contribution in [1.82, 2.24) is 9.97 Å². The topological polar surface area (TPSA) is 47.0 Å². The Morgan fingerprint density at radius 1 is 0.654 bits per heavy atom. The summed E-state index contributed by atoms with van der Waals surface area (Å²) >= 11 is 0. The largest absolute Gasteiger partial charge is 0.457 e. The molecule has 1 heterocycles. The Morgan fingerprint density at radius 3 is 2.04 bits per heavy atom. The molecule has 0 radical (unpaired) electrons. The van der Waals surface area contributed by atoms with Crippen molar-refractivity contribution < 1.29 is 4.74 Å². The van der Waals surface area contributed by atoms with Gasteiger partial charge in [0.2, 0.25) is 0 Å². The van der Waals surface area contributed by atoms with Crippen LogP contribution < -0.4 is 10.1 Å². The van der Waals surface area contributed by atoms with Crippen LogP contribution in [0.4, 0.5) is 11.5 Å². The summed E-state index contributed by atoms with van der Waals surface area (Å²) in [5.74, 6) is 3.04. The third-order valence-corrected chi connectivity index (χ3v) is 3.79. The standard InChI is InChI=1S/C22H17N3O/c1-3-7-17(8-4-1)22-23-16-15-21(25-22)24-18-11-13-20(14-12-18)26-19-9-5-2-6-10-19/h1-16H,(H,23,24,25). The Hall–Kier alpha value is -3.66. The van der Waals surface area contributed by atoms with Gasteiger partial charge in [-0.05, 0) is 42.5 Å². The lowest BCUT2D eigenvalue weighted by Crippen LogP contribution is -1.96. The number of rotatable bonds is 5. The highest BCUT2D eigenvalue weighted by molar-refractivity contribution is 5.61. The lowest BCUT2D eigenvalue weighted by Gasteiger charge is -2.09. The van der Waals surface area contributed by atoms with Gasteiger partial charge in [-0.15, -0.1) is 0 Å². The maximum Gasteiger partial charge on any atom is 0.161 e. The van der Waals surface area contributed by atoms with Gasteiger partial charge in [0, 0.05) is 17.4 Å². The Kier molecular flexibility index (Phi) is 4.56. The maximum atomic E-state index is 5.81. The number of hydrogen-bond donors (Lipinski definition) is 1. The van der Waals surface area contributed by atoms with Crippen LogP contribution in [0.3, 0.4) is 0 Å². The molecule has 4 aromatic rings. The van der Waals surface area contributed by atoms with E-state index in [2.05, 4.69) is 15.3 Å². The predicted molar refractivity (Wildman–Crippen MR) is 104 cm³/mol. The smallest absolute Gasteiger partial charge is 0.161 e. The van der Waals surface area contributed by atoms with Crippen LogP contribution in [-0.4, -0.2) is 9.97 Å². The lowest BCUT2D eigenvalue weighted by atomic mass is 10.2. The average Bonchev–Trinajstić information content (AvgIpc) is 2.71. The van der Waals surface area contributed by atoms with Crippen molar-refractivity contribution in [3.8, 4) is 22.9 Å². The third-order valence-electron chi connectivity index (χ3n) is 3.79. The van der Waals surface area contributed by atoms with Crippen molar-refractivity contribution in [3.05, 3.63) is 97.2 Å². The Labute approximate surface area is 152 Å². The third kappa shape index (κ3) is 3.87. The fourth-order valence-corrected chi connectivity index (χ4v) is 2.53. The van der Waals surface area contributed by atoms with Crippen LogP contribution in [0.5, 0.6) is 11.5 Å². The quantitative estimate of drug-likeness (QED) is 0.508. The number of aromatic nitrogens is 2. The van der Waals surface area contributed by atoms with Crippen molar-refractivity contribution in [3.63, 3.8) is 0 Å². The molecule has 0 unspecified atom stereocenters. The number of nitrogens with zero attached hydrogens (tertiary/aromatic N) is 2. The van der Waals surface area contributed by atoms with Crippen LogP contribution >= 0.6 is 0 Å². The predicted octanol–water partition coefficient (Wildman–Crippen LogP) is 5.68. The van der Waals surface area contributed by atoms with Crippen LogP contribution in [0.2, 0.25) is 0 Å². The van der Waals surface area contributed by atoms with Crippen molar-refractivity contribution in [1.29, 1.82) is 0 Å². The molecule has 0 saturated carbocycles. The molecule has 0 fully saturated rings. The first-order valence-corrected chi connectivity index (χ1v) is 8.35. The average molecular weight is 339 g/mol. The highest BCUT2D eigenvalue weighted by atomic mass is 16.5. The van der Waals surface area contributed by atoms with Gasteiger partial charge in [-0.3, -0.25) is 0 Å². The molecule has 0 aliphatic carbocycles. The second-order valence-corrected chi connectivity index (χ2v) is 5.70. The summed E-state index contributed by atoms with van der Waals surface area (Å²) in [6.07, 6.45) is 1.75. The van der Waals surface area contributed by atoms with E-state index >= 15 is 0 Å². The second kappa shape index (κ2) is 7.49. The van der Waals surface area contributed by atoms with Crippen molar-refractivity contribution in [2.75, 3.05) is 5.32 Å². The molecular formula is C22H17N3O. The summed E-state index contributed by atoms with van der Waals surface area (Å²) in [5, 5.41) is 3.30. The van der Waals surface area contributed by atoms with E-state index in [1.54, 1.807) is 6.20 Å². The molecule has 0 bridgehead atoms. The monoisotopic (exact) mass is 339 g/mol. The summed E-state index contributed by atoms with van der Waals surface area (Å²) < 4.78 is 5.81. The molecule has 0 aliphatic heterocycles. The number of para-hydroxylation sites is 1. The minimum atomic E-state index is 0.694. The van der Waals surface area contributed by atoms with Gasteiger partial charge in [0.15, 0.2) is 5.82 Å². The summed E-state index contributed by atoms with van der Waals surface area (Å²) in [4.78, 5) is 8.92. The lowest BCUT2D eigenvalue weighted by molar-refractivity contribution is 0.483. The first-order chi connectivity index (χ1) is 12.9. The van der Waals surface area contributed by atoms with E-state index in [9.17, 15) is 0 Å². The molecule has 0 amide bonds. The van der Waals surface area contributed by atoms with Gasteiger partial charge in [-0.25, -0.2) is 9.97 Å². The molecule has 4 nitrogen and oxygen atoms in total. The zero-order valence-corrected chi connectivity index (χ0v) is 14.0. The van der Waals surface area contributed by atoms with Crippen molar-refractivity contribution in [2.45, 2.75) is 0 Å². The minimum Gasteiger partial charge on any atom is -0.457 e. The molecule has 0 aliphatic rings. The van der Waals surface area contributed by atoms with Crippen molar-refractivity contribution >= 4 is 11.5 Å². The first-order valence-electron chi connectivity index (χ1n) is 8.35. The van der Waals surface area contributed by atoms with Crippen LogP contribution in [-0.2, 0) is 0 Å². The van der Waals surface area contributed by atoms with Crippen molar-refractivity contribution in [2.24, 2.45) is 0 Å². The Balaban J connectivity index is 1.48. The van der Waals surface area contributed by atoms with Crippen LogP contribution in [0, 0.1) is 0 Å². The van der Waals surface area contributed by atoms with Crippen LogP contribution in [0.25, 0.3) is 11.4 Å². The molecular weight excluding hydrogens is 322 g/mol. The zero-order chi connectivity index (χ0) is 17.6. The fourth-order valence-electron chi connectivity index (χ4n) is 2.53. The number of ether oxygens (including phenoxy) is 1. The summed E-state index contributed by atoms with van der Waals surface area (Å²) in [5.41, 5.74) is 1.92. The number of anilines is 2. The van der Waals surface area contributed by atoms with E-state index in [0.717, 1.165) is 28.6 Å². The highest BCUT2D eigenvalue weighted by Crippen LogP contribution is 2.24. The molecule has 1 aromatic heterocycles. The molecule has 1 N–H and O–H groups in total. The molecule has 4 heteroatoms. The second-order valence-electron chi connectivity index (χ2n) is 5.70. The number of nitrogens with one attached hydrogen (secondary N) is 1. The molecule has 126 valence electrons. The van der Waals surface area contributed by atoms with Gasteiger partial charge in [-0.2, -0.15) is 0 Å². The molecule has 0 saturated heterocycles. The summed E-state index contributed by atoms with van der Waals surface area (Å²) in [7, 11) is 0. The minimum absolute atomic E-state index is 0.694. The molecule has 4 rings (SSSR count). The first kappa shape index (κ1) is 15.8. The van der Waals surface area contributed by atoms with Gasteiger partial charge >= 0.3 is 0 Å². The van der Waals surface area contributed by atoms with E-state index in [1.165, 1.54) is 0 Å².